The number of nitrogens with zero attached hydrogens (tertiary/aromatic N) is 1. The summed E-state index contributed by atoms with van der Waals surface area (Å²) in [4.78, 5) is 26.7. The summed E-state index contributed by atoms with van der Waals surface area (Å²) in [6, 6.07) is 18.4. The molecule has 8 heteroatoms. The van der Waals surface area contributed by atoms with Crippen molar-refractivity contribution >= 4 is 50.6 Å². The molecular formula is C24H17BrFNO4S. The first-order chi connectivity index (χ1) is 15.5. The van der Waals surface area contributed by atoms with E-state index in [0.29, 0.717) is 37.7 Å². The van der Waals surface area contributed by atoms with Crippen LogP contribution in [0.15, 0.2) is 76.1 Å². The Hall–Kier alpha value is -3.10. The number of carbonyl (C=O) groups is 2. The molecule has 5 nitrogen and oxygen atoms in total. The van der Waals surface area contributed by atoms with E-state index in [0.717, 1.165) is 16.7 Å². The molecule has 4 rings (SSSR count). The SMILES string of the molecule is COc1cc(/C=C2\SC(=O)N(c3ccccc3)C2=O)cc(Br)c1OCc1cccc(F)c1. The van der Waals surface area contributed by atoms with E-state index in [4.69, 9.17) is 9.47 Å². The Balaban J connectivity index is 1.58. The molecule has 0 atom stereocenters. The lowest BCUT2D eigenvalue weighted by molar-refractivity contribution is -0.113. The molecule has 162 valence electrons. The molecular weight excluding hydrogens is 497 g/mol. The molecule has 32 heavy (non-hydrogen) atoms. The van der Waals surface area contributed by atoms with Crippen molar-refractivity contribution in [2.24, 2.45) is 0 Å². The summed E-state index contributed by atoms with van der Waals surface area (Å²) in [5.41, 5.74) is 1.86. The van der Waals surface area contributed by atoms with E-state index in [1.807, 2.05) is 6.07 Å². The zero-order valence-electron chi connectivity index (χ0n) is 16.9. The maximum Gasteiger partial charge on any atom is 0.298 e. The fourth-order valence-electron chi connectivity index (χ4n) is 3.16. The van der Waals surface area contributed by atoms with Crippen molar-refractivity contribution in [1.82, 2.24) is 0 Å². The standard InChI is InChI=1S/C24H17BrFNO4S/c1-30-20-12-16(11-19(25)22(20)31-14-15-6-5-7-17(26)10-15)13-21-23(28)27(24(29)32-21)18-8-3-2-4-9-18/h2-13H,14H2,1H3/b21-13-. The number of para-hydroxylation sites is 1. The number of anilines is 1. The van der Waals surface area contributed by atoms with Crippen molar-refractivity contribution in [2.75, 3.05) is 12.0 Å². The minimum atomic E-state index is -0.382. The third kappa shape index (κ3) is 4.71. The lowest BCUT2D eigenvalue weighted by Crippen LogP contribution is -2.27. The Labute approximate surface area is 197 Å². The van der Waals surface area contributed by atoms with Crippen molar-refractivity contribution in [1.29, 1.82) is 0 Å². The van der Waals surface area contributed by atoms with E-state index in [-0.39, 0.29) is 23.6 Å². The molecule has 3 aromatic rings. The number of halogens is 2. The second-order valence-corrected chi connectivity index (χ2v) is 8.65. The molecule has 0 aliphatic carbocycles. The van der Waals surface area contributed by atoms with Gasteiger partial charge in [-0.25, -0.2) is 9.29 Å². The van der Waals surface area contributed by atoms with Crippen LogP contribution >= 0.6 is 27.7 Å². The van der Waals surface area contributed by atoms with Crippen molar-refractivity contribution in [2.45, 2.75) is 6.61 Å². The third-order valence-corrected chi connectivity index (χ3v) is 6.09. The predicted molar refractivity (Wildman–Crippen MR) is 126 cm³/mol. The molecule has 0 bridgehead atoms. The van der Waals surface area contributed by atoms with Gasteiger partial charge in [-0.2, -0.15) is 0 Å². The minimum absolute atomic E-state index is 0.155. The summed E-state index contributed by atoms with van der Waals surface area (Å²) in [6.07, 6.45) is 1.64. The van der Waals surface area contributed by atoms with Gasteiger partial charge in [-0.15, -0.1) is 0 Å². The minimum Gasteiger partial charge on any atom is -0.493 e. The molecule has 1 heterocycles. The highest BCUT2D eigenvalue weighted by atomic mass is 79.9. The van der Waals surface area contributed by atoms with Gasteiger partial charge in [0.2, 0.25) is 0 Å². The third-order valence-electron chi connectivity index (χ3n) is 4.63. The number of benzene rings is 3. The molecule has 0 aromatic heterocycles. The van der Waals surface area contributed by atoms with E-state index in [1.165, 1.54) is 19.2 Å². The summed E-state index contributed by atoms with van der Waals surface area (Å²) >= 11 is 4.35. The second-order valence-electron chi connectivity index (χ2n) is 6.81. The average molecular weight is 514 g/mol. The predicted octanol–water partition coefficient (Wildman–Crippen LogP) is 6.42. The molecule has 1 aliphatic heterocycles. The van der Waals surface area contributed by atoms with Crippen LogP contribution < -0.4 is 14.4 Å². The smallest absolute Gasteiger partial charge is 0.298 e. The van der Waals surface area contributed by atoms with Gasteiger partial charge >= 0.3 is 0 Å². The average Bonchev–Trinajstić information content (AvgIpc) is 3.06. The first-order valence-corrected chi connectivity index (χ1v) is 11.1. The highest BCUT2D eigenvalue weighted by Crippen LogP contribution is 2.40. The van der Waals surface area contributed by atoms with Crippen LogP contribution in [0.5, 0.6) is 11.5 Å². The first-order valence-electron chi connectivity index (χ1n) is 9.54. The normalized spacial score (nSPS) is 14.8. The summed E-state index contributed by atoms with van der Waals surface area (Å²) in [7, 11) is 1.50. The Kier molecular flexibility index (Phi) is 6.62. The van der Waals surface area contributed by atoms with Crippen LogP contribution in [-0.4, -0.2) is 18.3 Å². The summed E-state index contributed by atoms with van der Waals surface area (Å²) < 4.78 is 25.3. The summed E-state index contributed by atoms with van der Waals surface area (Å²) in [5.74, 6) is 0.167. The number of hydrogen-bond acceptors (Lipinski definition) is 5. The number of imide groups is 1. The number of carbonyl (C=O) groups excluding carboxylic acids is 2. The molecule has 0 N–H and O–H groups in total. The molecule has 1 saturated heterocycles. The summed E-state index contributed by atoms with van der Waals surface area (Å²) in [5, 5.41) is -0.353. The van der Waals surface area contributed by atoms with E-state index < -0.39 is 0 Å². The van der Waals surface area contributed by atoms with Gasteiger partial charge in [0.1, 0.15) is 12.4 Å². The van der Waals surface area contributed by atoms with Gasteiger partial charge < -0.3 is 9.47 Å². The van der Waals surface area contributed by atoms with Crippen molar-refractivity contribution in [3.05, 3.63) is 93.1 Å². The molecule has 0 radical (unpaired) electrons. The number of amides is 2. The number of rotatable bonds is 6. The maximum absolute atomic E-state index is 13.4. The van der Waals surface area contributed by atoms with Crippen LogP contribution in [0, 0.1) is 5.82 Å². The molecule has 0 spiro atoms. The van der Waals surface area contributed by atoms with Gasteiger partial charge in [-0.05, 0) is 81.3 Å². The molecule has 1 fully saturated rings. The Morgan fingerprint density at radius 3 is 2.56 bits per heavy atom. The number of ether oxygens (including phenoxy) is 2. The van der Waals surface area contributed by atoms with Gasteiger partial charge in [-0.3, -0.25) is 9.59 Å². The van der Waals surface area contributed by atoms with Crippen LogP contribution in [0.1, 0.15) is 11.1 Å². The highest BCUT2D eigenvalue weighted by molar-refractivity contribution is 9.10. The van der Waals surface area contributed by atoms with Gasteiger partial charge in [0.15, 0.2) is 11.5 Å². The maximum atomic E-state index is 13.4. The van der Waals surface area contributed by atoms with Crippen LogP contribution in [0.2, 0.25) is 0 Å². The second kappa shape index (κ2) is 9.58. The number of thioether (sulfide) groups is 1. The van der Waals surface area contributed by atoms with E-state index in [9.17, 15) is 14.0 Å². The molecule has 2 amide bonds. The quantitative estimate of drug-likeness (QED) is 0.356. The van der Waals surface area contributed by atoms with Crippen molar-refractivity contribution < 1.29 is 23.5 Å². The first kappa shape index (κ1) is 22.1. The van der Waals surface area contributed by atoms with Crippen molar-refractivity contribution in [3.8, 4) is 11.5 Å². The molecule has 1 aliphatic rings. The van der Waals surface area contributed by atoms with Crippen LogP contribution in [-0.2, 0) is 11.4 Å². The monoisotopic (exact) mass is 513 g/mol. The van der Waals surface area contributed by atoms with E-state index >= 15 is 0 Å². The topological polar surface area (TPSA) is 55.8 Å². The lowest BCUT2D eigenvalue weighted by Gasteiger charge is -2.14. The zero-order valence-corrected chi connectivity index (χ0v) is 19.3. The van der Waals surface area contributed by atoms with Gasteiger partial charge in [-0.1, -0.05) is 30.3 Å². The van der Waals surface area contributed by atoms with E-state index in [2.05, 4.69) is 15.9 Å². The van der Waals surface area contributed by atoms with Crippen molar-refractivity contribution in [3.63, 3.8) is 0 Å². The van der Waals surface area contributed by atoms with Crippen LogP contribution in [0.3, 0.4) is 0 Å². The Morgan fingerprint density at radius 2 is 1.84 bits per heavy atom. The highest BCUT2D eigenvalue weighted by Gasteiger charge is 2.36. The van der Waals surface area contributed by atoms with E-state index in [1.54, 1.807) is 54.6 Å². The number of methoxy groups -OCH3 is 1. The Morgan fingerprint density at radius 1 is 1.06 bits per heavy atom. The molecule has 3 aromatic carbocycles. The van der Waals surface area contributed by atoms with Gasteiger partial charge in [0, 0.05) is 0 Å². The fraction of sp³-hybridized carbons (Fsp3) is 0.0833. The number of hydrogen-bond donors (Lipinski definition) is 0. The van der Waals surface area contributed by atoms with Gasteiger partial charge in [0.05, 0.1) is 22.2 Å². The largest absolute Gasteiger partial charge is 0.493 e. The Bertz CT molecular complexity index is 1220. The van der Waals surface area contributed by atoms with Crippen LogP contribution in [0.4, 0.5) is 14.9 Å². The molecule has 0 unspecified atom stereocenters. The lowest BCUT2D eigenvalue weighted by atomic mass is 10.1. The van der Waals surface area contributed by atoms with Crippen LogP contribution in [0.25, 0.3) is 6.08 Å². The zero-order chi connectivity index (χ0) is 22.7. The summed E-state index contributed by atoms with van der Waals surface area (Å²) in [6.45, 7) is 0.155. The molecule has 0 saturated carbocycles. The fourth-order valence-corrected chi connectivity index (χ4v) is 4.58. The van der Waals surface area contributed by atoms with Gasteiger partial charge in [0.25, 0.3) is 11.1 Å².